The van der Waals surface area contributed by atoms with Crippen molar-refractivity contribution in [2.24, 2.45) is 5.92 Å². The number of ether oxygens (including phenoxy) is 4. The molecule has 1 N–H and O–H groups in total. The minimum Gasteiger partial charge on any atom is -0.493 e. The first kappa shape index (κ1) is 29.3. The van der Waals surface area contributed by atoms with Crippen LogP contribution in [0.3, 0.4) is 0 Å². The lowest BCUT2D eigenvalue weighted by atomic mass is 9.92. The number of amides is 2. The molecule has 0 unspecified atom stereocenters. The van der Waals surface area contributed by atoms with E-state index in [-0.39, 0.29) is 30.5 Å². The normalized spacial score (nSPS) is 17.3. The van der Waals surface area contributed by atoms with Crippen LogP contribution < -0.4 is 9.47 Å². The molecule has 0 radical (unpaired) electrons. The fraction of sp³-hybridized carbons (Fsp3) is 0.517. The fourth-order valence-electron chi connectivity index (χ4n) is 4.85. The molecule has 2 aromatic carbocycles. The summed E-state index contributed by atoms with van der Waals surface area (Å²) in [6, 6.07) is 14.6. The zero-order chi connectivity index (χ0) is 27.5. The lowest BCUT2D eigenvalue weighted by Gasteiger charge is -2.43. The van der Waals surface area contributed by atoms with Crippen LogP contribution >= 0.6 is 0 Å². The third kappa shape index (κ3) is 8.10. The minimum atomic E-state index is -0.991. The predicted molar refractivity (Wildman–Crippen MR) is 144 cm³/mol. The predicted octanol–water partition coefficient (Wildman–Crippen LogP) is 4.55. The van der Waals surface area contributed by atoms with Gasteiger partial charge in [-0.25, -0.2) is 4.79 Å². The zero-order valence-corrected chi connectivity index (χ0v) is 22.8. The van der Waals surface area contributed by atoms with Crippen LogP contribution in [0.1, 0.15) is 42.6 Å². The summed E-state index contributed by atoms with van der Waals surface area (Å²) in [5.41, 5.74) is 1.53. The number of carbonyl (C=O) groups excluding carboxylic acids is 1. The number of carboxylic acid groups (broad SMARTS) is 1. The Hall–Kier alpha value is -3.30. The lowest BCUT2D eigenvalue weighted by molar-refractivity contribution is 0.0102. The third-order valence-corrected chi connectivity index (χ3v) is 6.60. The van der Waals surface area contributed by atoms with E-state index >= 15 is 0 Å². The van der Waals surface area contributed by atoms with Gasteiger partial charge in [-0.2, -0.15) is 0 Å². The van der Waals surface area contributed by atoms with E-state index in [0.29, 0.717) is 62.9 Å². The smallest absolute Gasteiger partial charge is 0.407 e. The van der Waals surface area contributed by atoms with Crippen molar-refractivity contribution < 1.29 is 33.6 Å². The number of methoxy groups -OCH3 is 2. The Morgan fingerprint density at radius 3 is 2.47 bits per heavy atom. The quantitative estimate of drug-likeness (QED) is 0.381. The Kier molecular flexibility index (Phi) is 11.2. The second kappa shape index (κ2) is 14.6. The van der Waals surface area contributed by atoms with Gasteiger partial charge in [0.2, 0.25) is 0 Å². The zero-order valence-electron chi connectivity index (χ0n) is 22.8. The van der Waals surface area contributed by atoms with E-state index in [9.17, 15) is 14.7 Å². The van der Waals surface area contributed by atoms with Crippen LogP contribution in [0.25, 0.3) is 0 Å². The van der Waals surface area contributed by atoms with Gasteiger partial charge in [-0.1, -0.05) is 30.3 Å². The van der Waals surface area contributed by atoms with Crippen molar-refractivity contribution in [2.45, 2.75) is 45.4 Å². The molecule has 1 aliphatic heterocycles. The van der Waals surface area contributed by atoms with E-state index in [0.717, 1.165) is 5.56 Å². The second-order valence-corrected chi connectivity index (χ2v) is 9.81. The average molecular weight is 529 g/mol. The van der Waals surface area contributed by atoms with E-state index < -0.39 is 6.09 Å². The molecule has 3 rings (SSSR count). The molecular weight excluding hydrogens is 488 g/mol. The van der Waals surface area contributed by atoms with Gasteiger partial charge in [0.25, 0.3) is 5.91 Å². The summed E-state index contributed by atoms with van der Waals surface area (Å²) in [4.78, 5) is 29.0. The lowest BCUT2D eigenvalue weighted by Crippen LogP contribution is -2.56. The molecule has 1 aliphatic rings. The summed E-state index contributed by atoms with van der Waals surface area (Å²) in [7, 11) is 3.19. The highest BCUT2D eigenvalue weighted by Crippen LogP contribution is 2.31. The highest BCUT2D eigenvalue weighted by Gasteiger charge is 2.37. The molecule has 38 heavy (non-hydrogen) atoms. The molecule has 1 fully saturated rings. The Morgan fingerprint density at radius 2 is 1.82 bits per heavy atom. The summed E-state index contributed by atoms with van der Waals surface area (Å²) in [6.45, 7) is 6.40. The molecule has 0 bridgehead atoms. The van der Waals surface area contributed by atoms with E-state index in [4.69, 9.17) is 18.9 Å². The van der Waals surface area contributed by atoms with E-state index in [1.54, 1.807) is 37.3 Å². The largest absolute Gasteiger partial charge is 0.493 e. The average Bonchev–Trinajstić information content (AvgIpc) is 2.91. The second-order valence-electron chi connectivity index (χ2n) is 9.81. The number of piperidine rings is 1. The van der Waals surface area contributed by atoms with Crippen LogP contribution in [-0.2, 0) is 16.1 Å². The Bertz CT molecular complexity index is 1030. The monoisotopic (exact) mass is 528 g/mol. The van der Waals surface area contributed by atoms with Gasteiger partial charge >= 0.3 is 6.09 Å². The summed E-state index contributed by atoms with van der Waals surface area (Å²) in [6.07, 6.45) is 0.366. The van der Waals surface area contributed by atoms with Crippen LogP contribution in [0.5, 0.6) is 11.5 Å². The summed E-state index contributed by atoms with van der Waals surface area (Å²) in [5, 5.41) is 9.81. The van der Waals surface area contributed by atoms with E-state index in [1.165, 1.54) is 4.90 Å². The van der Waals surface area contributed by atoms with Gasteiger partial charge in [-0.15, -0.1) is 0 Å². The fourth-order valence-corrected chi connectivity index (χ4v) is 4.85. The van der Waals surface area contributed by atoms with Crippen LogP contribution in [0, 0.1) is 5.92 Å². The van der Waals surface area contributed by atoms with E-state index in [2.05, 4.69) is 0 Å². The Morgan fingerprint density at radius 1 is 1.05 bits per heavy atom. The van der Waals surface area contributed by atoms with Crippen molar-refractivity contribution in [2.75, 3.05) is 47.1 Å². The van der Waals surface area contributed by atoms with Gasteiger partial charge in [0.05, 0.1) is 33.0 Å². The molecule has 2 atom stereocenters. The first-order valence-electron chi connectivity index (χ1n) is 13.1. The standard InChI is InChI=1S/C29H40N2O7/c1-21(2)31(28(32)24-11-12-26(36-4)27(16-24)38-14-8-13-35-3)25-15-23(17-30(18-25)29(33)34)20-37-19-22-9-6-5-7-10-22/h5-7,9-12,16,21,23,25H,8,13-15,17-20H2,1-4H3,(H,33,34)/t23-,25+/m0/s1. The van der Waals surface area contributed by atoms with Gasteiger partial charge < -0.3 is 33.9 Å². The van der Waals surface area contributed by atoms with Crippen LogP contribution in [0.4, 0.5) is 4.79 Å². The topological polar surface area (TPSA) is 97.8 Å². The number of hydrogen-bond donors (Lipinski definition) is 1. The number of rotatable bonds is 13. The maximum Gasteiger partial charge on any atom is 0.407 e. The SMILES string of the molecule is COCCCOc1cc(C(=O)N(C(C)C)[C@@H]2C[C@H](COCc3ccccc3)CN(C(=O)O)C2)ccc1OC. The molecule has 0 saturated carbocycles. The molecule has 0 aliphatic carbocycles. The van der Waals surface area contributed by atoms with Crippen molar-refractivity contribution in [3.05, 3.63) is 59.7 Å². The highest BCUT2D eigenvalue weighted by molar-refractivity contribution is 5.95. The molecule has 208 valence electrons. The molecule has 2 aromatic rings. The Balaban J connectivity index is 1.75. The molecule has 9 heteroatoms. The van der Waals surface area contributed by atoms with Gasteiger partial charge in [0.1, 0.15) is 0 Å². The maximum absolute atomic E-state index is 13.8. The van der Waals surface area contributed by atoms with Crippen LogP contribution in [0.2, 0.25) is 0 Å². The molecule has 0 spiro atoms. The van der Waals surface area contributed by atoms with Gasteiger partial charge in [0, 0.05) is 50.8 Å². The van der Waals surface area contributed by atoms with Crippen molar-refractivity contribution in [1.29, 1.82) is 0 Å². The molecular formula is C29H40N2O7. The van der Waals surface area contributed by atoms with Gasteiger partial charge in [-0.05, 0) is 44.0 Å². The number of hydrogen-bond acceptors (Lipinski definition) is 6. The van der Waals surface area contributed by atoms with Gasteiger partial charge in [-0.3, -0.25) is 4.79 Å². The third-order valence-electron chi connectivity index (χ3n) is 6.60. The maximum atomic E-state index is 13.8. The van der Waals surface area contributed by atoms with Crippen molar-refractivity contribution >= 4 is 12.0 Å². The molecule has 0 aromatic heterocycles. The molecule has 9 nitrogen and oxygen atoms in total. The number of likely N-dealkylation sites (tertiary alicyclic amines) is 1. The molecule has 1 saturated heterocycles. The molecule has 2 amide bonds. The summed E-state index contributed by atoms with van der Waals surface area (Å²) < 4.78 is 22.3. The van der Waals surface area contributed by atoms with Crippen LogP contribution in [-0.4, -0.2) is 86.1 Å². The minimum absolute atomic E-state index is 0.0295. The number of carbonyl (C=O) groups is 2. The Labute approximate surface area is 225 Å². The highest BCUT2D eigenvalue weighted by atomic mass is 16.5. The van der Waals surface area contributed by atoms with Crippen molar-refractivity contribution in [1.82, 2.24) is 9.80 Å². The van der Waals surface area contributed by atoms with E-state index in [1.807, 2.05) is 44.2 Å². The van der Waals surface area contributed by atoms with Crippen molar-refractivity contribution in [3.63, 3.8) is 0 Å². The summed E-state index contributed by atoms with van der Waals surface area (Å²) in [5.74, 6) is 0.824. The van der Waals surface area contributed by atoms with Crippen molar-refractivity contribution in [3.8, 4) is 11.5 Å². The van der Waals surface area contributed by atoms with Crippen LogP contribution in [0.15, 0.2) is 48.5 Å². The number of nitrogens with zero attached hydrogens (tertiary/aromatic N) is 2. The first-order chi connectivity index (χ1) is 18.3. The number of benzene rings is 2. The first-order valence-corrected chi connectivity index (χ1v) is 13.1. The van der Waals surface area contributed by atoms with Gasteiger partial charge in [0.15, 0.2) is 11.5 Å². The molecule has 1 heterocycles. The summed E-state index contributed by atoms with van der Waals surface area (Å²) >= 11 is 0.